The van der Waals surface area contributed by atoms with Crippen LogP contribution in [0.1, 0.15) is 92.9 Å². The zero-order valence-corrected chi connectivity index (χ0v) is 25.9. The minimum Gasteiger partial charge on any atom is -0.414 e. The lowest BCUT2D eigenvalue weighted by molar-refractivity contribution is -0.134. The van der Waals surface area contributed by atoms with Crippen LogP contribution in [0.5, 0.6) is 0 Å². The minimum absolute atomic E-state index is 0.105. The number of Topliss-reactive ketones (excluding diaryl/α,β-unsaturated/α-hetero) is 1. The van der Waals surface area contributed by atoms with E-state index in [-0.39, 0.29) is 34.0 Å². The molecule has 4 aliphatic rings. The lowest BCUT2D eigenvalue weighted by atomic mass is 9.47. The summed E-state index contributed by atoms with van der Waals surface area (Å²) in [6.07, 6.45) is 11.4. The molecule has 4 rings (SSSR count). The van der Waals surface area contributed by atoms with Crippen molar-refractivity contribution < 1.29 is 18.7 Å². The summed E-state index contributed by atoms with van der Waals surface area (Å²) in [5, 5.41) is 0.253. The van der Waals surface area contributed by atoms with Gasteiger partial charge in [-0.1, -0.05) is 53.2 Å². The second-order valence-corrected chi connectivity index (χ2v) is 19.6. The Bertz CT molecular complexity index is 855. The van der Waals surface area contributed by atoms with Crippen molar-refractivity contribution in [1.82, 2.24) is 0 Å². The summed E-state index contributed by atoms with van der Waals surface area (Å²) in [6.45, 7) is 19.1. The number of methoxy groups -OCH3 is 2. The quantitative estimate of drug-likeness (QED) is 0.196. The predicted molar refractivity (Wildman–Crippen MR) is 149 cm³/mol. The Balaban J connectivity index is 1.52. The van der Waals surface area contributed by atoms with E-state index in [1.807, 2.05) is 0 Å². The van der Waals surface area contributed by atoms with Crippen LogP contribution in [-0.2, 0) is 18.7 Å². The number of rotatable bonds is 7. The number of allylic oxidation sites excluding steroid dienone is 1. The van der Waals surface area contributed by atoms with Crippen LogP contribution in [0.3, 0.4) is 0 Å². The fourth-order valence-corrected chi connectivity index (χ4v) is 10.2. The van der Waals surface area contributed by atoms with Crippen molar-refractivity contribution in [1.29, 1.82) is 0 Å². The zero-order chi connectivity index (χ0) is 26.7. The summed E-state index contributed by atoms with van der Waals surface area (Å²) >= 11 is 0. The van der Waals surface area contributed by atoms with Gasteiger partial charge in [-0.05, 0) is 91.2 Å². The molecule has 0 unspecified atom stereocenters. The van der Waals surface area contributed by atoms with Crippen molar-refractivity contribution in [2.45, 2.75) is 123 Å². The van der Waals surface area contributed by atoms with E-state index in [0.29, 0.717) is 29.6 Å². The van der Waals surface area contributed by atoms with Gasteiger partial charge < -0.3 is 13.9 Å². The number of carbonyl (C=O) groups excluding carboxylic acids is 1. The molecule has 0 radical (unpaired) electrons. The molecule has 4 nitrogen and oxygen atoms in total. The molecule has 0 aromatic heterocycles. The van der Waals surface area contributed by atoms with E-state index in [2.05, 4.69) is 60.7 Å². The zero-order valence-electron chi connectivity index (χ0n) is 24.9. The first kappa shape index (κ1) is 28.5. The van der Waals surface area contributed by atoms with Gasteiger partial charge in [0.15, 0.2) is 14.6 Å². The van der Waals surface area contributed by atoms with E-state index >= 15 is 0 Å². The maximum Gasteiger partial charge on any atom is 0.192 e. The van der Waals surface area contributed by atoms with Gasteiger partial charge in [0.25, 0.3) is 0 Å². The number of hydrogen-bond acceptors (Lipinski definition) is 4. The summed E-state index contributed by atoms with van der Waals surface area (Å²) in [5.41, 5.74) is 2.05. The number of hydrogen-bond donors (Lipinski definition) is 0. The fraction of sp³-hybridized carbons (Fsp3) is 0.903. The molecular weight excluding hydrogens is 464 g/mol. The fourth-order valence-electron chi connectivity index (χ4n) is 8.85. The summed E-state index contributed by atoms with van der Waals surface area (Å²) in [4.78, 5) is 13.5. The Morgan fingerprint density at radius 3 is 2.33 bits per heavy atom. The van der Waals surface area contributed by atoms with Crippen molar-refractivity contribution in [3.05, 3.63) is 11.6 Å². The SMILES string of the molecule is COC(C[C@@H](C)[C@H]1C(=O)C[C@H]2[C@@H]3CC=C4C[C@@H](O[Si](C)(C)C(C)(C)C)CC[C@]4(C)[C@H]3CC[C@]12C)OC. The molecule has 4 aliphatic carbocycles. The average Bonchev–Trinajstić information content (AvgIpc) is 3.06. The predicted octanol–water partition coefficient (Wildman–Crippen LogP) is 7.78. The summed E-state index contributed by atoms with van der Waals surface area (Å²) in [6, 6.07) is 0. The molecule has 0 aromatic carbocycles. The van der Waals surface area contributed by atoms with Gasteiger partial charge in [-0.15, -0.1) is 0 Å². The molecule has 0 bridgehead atoms. The third kappa shape index (κ3) is 4.73. The van der Waals surface area contributed by atoms with Gasteiger partial charge >= 0.3 is 0 Å². The van der Waals surface area contributed by atoms with Crippen LogP contribution in [0.4, 0.5) is 0 Å². The van der Waals surface area contributed by atoms with Crippen LogP contribution >= 0.6 is 0 Å². The average molecular weight is 519 g/mol. The third-order valence-electron chi connectivity index (χ3n) is 11.9. The molecule has 0 saturated heterocycles. The van der Waals surface area contributed by atoms with Crippen LogP contribution in [0.15, 0.2) is 11.6 Å². The van der Waals surface area contributed by atoms with Crippen molar-refractivity contribution >= 4 is 14.1 Å². The first-order valence-corrected chi connectivity index (χ1v) is 17.5. The van der Waals surface area contributed by atoms with Crippen molar-refractivity contribution in [2.24, 2.45) is 40.4 Å². The van der Waals surface area contributed by atoms with E-state index < -0.39 is 8.32 Å². The Hall–Kier alpha value is -0.493. The van der Waals surface area contributed by atoms with Crippen molar-refractivity contribution in [3.8, 4) is 0 Å². The topological polar surface area (TPSA) is 44.8 Å². The summed E-state index contributed by atoms with van der Waals surface area (Å²) in [7, 11) is 1.64. The monoisotopic (exact) mass is 518 g/mol. The number of ether oxygens (including phenoxy) is 2. The van der Waals surface area contributed by atoms with Gasteiger partial charge in [0.1, 0.15) is 5.78 Å². The van der Waals surface area contributed by atoms with Gasteiger partial charge in [-0.25, -0.2) is 0 Å². The first-order chi connectivity index (χ1) is 16.7. The lowest BCUT2D eigenvalue weighted by Gasteiger charge is -2.58. The summed E-state index contributed by atoms with van der Waals surface area (Å²) in [5.74, 6) is 2.75. The highest BCUT2D eigenvalue weighted by Gasteiger charge is 2.62. The highest BCUT2D eigenvalue weighted by Crippen LogP contribution is 2.66. The highest BCUT2D eigenvalue weighted by atomic mass is 28.4. The largest absolute Gasteiger partial charge is 0.414 e. The molecule has 0 spiro atoms. The van der Waals surface area contributed by atoms with E-state index in [0.717, 1.165) is 25.7 Å². The molecule has 206 valence electrons. The van der Waals surface area contributed by atoms with Crippen LogP contribution in [-0.4, -0.2) is 40.7 Å². The van der Waals surface area contributed by atoms with Gasteiger partial charge in [0.05, 0.1) is 0 Å². The first-order valence-electron chi connectivity index (χ1n) is 14.6. The van der Waals surface area contributed by atoms with Gasteiger partial charge in [-0.2, -0.15) is 0 Å². The molecule has 0 aromatic rings. The minimum atomic E-state index is -1.76. The van der Waals surface area contributed by atoms with Crippen molar-refractivity contribution in [3.63, 3.8) is 0 Å². The van der Waals surface area contributed by atoms with Gasteiger partial charge in [-0.3, -0.25) is 4.79 Å². The number of ketones is 1. The number of fused-ring (bicyclic) bond motifs is 5. The normalized spacial score (nSPS) is 39.9. The number of carbonyl (C=O) groups is 1. The van der Waals surface area contributed by atoms with Crippen LogP contribution in [0.2, 0.25) is 18.1 Å². The Morgan fingerprint density at radius 2 is 1.72 bits per heavy atom. The van der Waals surface area contributed by atoms with E-state index in [1.54, 1.807) is 19.8 Å². The highest BCUT2D eigenvalue weighted by molar-refractivity contribution is 6.74. The maximum absolute atomic E-state index is 13.5. The third-order valence-corrected chi connectivity index (χ3v) is 16.4. The van der Waals surface area contributed by atoms with E-state index in [1.165, 1.54) is 25.7 Å². The molecule has 0 amide bonds. The maximum atomic E-state index is 13.5. The summed E-state index contributed by atoms with van der Waals surface area (Å²) < 4.78 is 17.9. The second-order valence-electron chi connectivity index (χ2n) is 14.8. The molecule has 36 heavy (non-hydrogen) atoms. The molecule has 0 heterocycles. The molecule has 3 saturated carbocycles. The second kappa shape index (κ2) is 9.92. The molecule has 3 fully saturated rings. The standard InChI is InChI=1S/C31H54O4Si/c1-20(17-27(33-7)34-8)28-26(32)19-25-23-12-11-21-18-22(35-36(9,10)29(2,3)4)13-15-30(21,5)24(23)14-16-31(25,28)6/h11,20,22-25,27-28H,12-19H2,1-10H3/t20-,22+,23-,24+,25+,28+,30+,31+/m1/s1. The van der Waals surface area contributed by atoms with Crippen LogP contribution in [0.25, 0.3) is 0 Å². The Labute approximate surface area is 222 Å². The molecule has 0 N–H and O–H groups in total. The molecule has 8 atom stereocenters. The molecular formula is C31H54O4Si. The van der Waals surface area contributed by atoms with Crippen LogP contribution in [0, 0.1) is 40.4 Å². The molecule has 0 aliphatic heterocycles. The lowest BCUT2D eigenvalue weighted by Crippen LogP contribution is -2.52. The van der Waals surface area contributed by atoms with Crippen LogP contribution < -0.4 is 0 Å². The van der Waals surface area contributed by atoms with Gasteiger partial charge in [0, 0.05) is 39.1 Å². The smallest absolute Gasteiger partial charge is 0.192 e. The van der Waals surface area contributed by atoms with E-state index in [9.17, 15) is 4.79 Å². The van der Waals surface area contributed by atoms with Crippen molar-refractivity contribution in [2.75, 3.05) is 14.2 Å². The molecule has 5 heteroatoms. The Kier molecular flexibility index (Phi) is 7.85. The Morgan fingerprint density at radius 1 is 1.06 bits per heavy atom. The van der Waals surface area contributed by atoms with Gasteiger partial charge in [0.2, 0.25) is 0 Å². The van der Waals surface area contributed by atoms with E-state index in [4.69, 9.17) is 13.9 Å².